The molecule has 1 rings (SSSR count). The molecule has 0 aromatic heterocycles. The Morgan fingerprint density at radius 1 is 1.53 bits per heavy atom. The summed E-state index contributed by atoms with van der Waals surface area (Å²) in [6, 6.07) is 0. The van der Waals surface area contributed by atoms with Gasteiger partial charge in [-0.2, -0.15) is 0 Å². The fourth-order valence-electron chi connectivity index (χ4n) is 2.21. The van der Waals surface area contributed by atoms with Crippen molar-refractivity contribution in [3.8, 4) is 11.8 Å². The minimum absolute atomic E-state index is 0.0991. The summed E-state index contributed by atoms with van der Waals surface area (Å²) in [6.07, 6.45) is 2.21. The first-order valence-electron chi connectivity index (χ1n) is 7.00. The van der Waals surface area contributed by atoms with Crippen molar-refractivity contribution in [2.75, 3.05) is 20.1 Å². The highest BCUT2D eigenvalue weighted by molar-refractivity contribution is 5.84. The van der Waals surface area contributed by atoms with Crippen LogP contribution in [0.5, 0.6) is 0 Å². The molecule has 0 unspecified atom stereocenters. The summed E-state index contributed by atoms with van der Waals surface area (Å²) in [5, 5.41) is 10.5. The largest absolute Gasteiger partial charge is 0.459 e. The van der Waals surface area contributed by atoms with E-state index in [1.807, 2.05) is 13.8 Å². The number of ether oxygens (including phenoxy) is 1. The Hall–Kier alpha value is -1.05. The highest BCUT2D eigenvalue weighted by atomic mass is 16.6. The van der Waals surface area contributed by atoms with Gasteiger partial charge < -0.3 is 14.7 Å². The van der Waals surface area contributed by atoms with E-state index < -0.39 is 11.6 Å². The van der Waals surface area contributed by atoms with Crippen molar-refractivity contribution in [2.45, 2.75) is 51.7 Å². The maximum atomic E-state index is 12.2. The summed E-state index contributed by atoms with van der Waals surface area (Å²) < 4.78 is 5.46. The topological polar surface area (TPSA) is 49.8 Å². The molecule has 1 fully saturated rings. The van der Waals surface area contributed by atoms with Crippen molar-refractivity contribution in [3.63, 3.8) is 0 Å². The van der Waals surface area contributed by atoms with Crippen LogP contribution in [0.1, 0.15) is 40.0 Å². The van der Waals surface area contributed by atoms with Crippen LogP contribution in [0.15, 0.2) is 0 Å². The number of nitrogens with zero attached hydrogens (tertiary/aromatic N) is 1. The van der Waals surface area contributed by atoms with Crippen molar-refractivity contribution < 1.29 is 14.6 Å². The number of hydrogen-bond donors (Lipinski definition) is 1. The molecule has 0 aromatic carbocycles. The van der Waals surface area contributed by atoms with Crippen LogP contribution in [0, 0.1) is 17.8 Å². The highest BCUT2D eigenvalue weighted by Gasteiger charge is 2.42. The van der Waals surface area contributed by atoms with E-state index in [9.17, 15) is 9.90 Å². The third-order valence-corrected chi connectivity index (χ3v) is 3.89. The van der Waals surface area contributed by atoms with Crippen LogP contribution in [0.25, 0.3) is 0 Å². The van der Waals surface area contributed by atoms with Crippen molar-refractivity contribution in [3.05, 3.63) is 0 Å². The van der Waals surface area contributed by atoms with Crippen LogP contribution in [0.3, 0.4) is 0 Å². The van der Waals surface area contributed by atoms with Gasteiger partial charge in [-0.15, -0.1) is 5.92 Å². The van der Waals surface area contributed by atoms with Crippen LogP contribution in [0.4, 0.5) is 0 Å². The highest BCUT2D eigenvalue weighted by Crippen LogP contribution is 2.24. The molecule has 1 heterocycles. The van der Waals surface area contributed by atoms with Crippen molar-refractivity contribution in [1.82, 2.24) is 4.90 Å². The molecule has 1 aliphatic heterocycles. The fourth-order valence-corrected chi connectivity index (χ4v) is 2.21. The van der Waals surface area contributed by atoms with Gasteiger partial charge >= 0.3 is 5.97 Å². The predicted octanol–water partition coefficient (Wildman–Crippen LogP) is 1.42. The smallest absolute Gasteiger partial charge is 0.351 e. The molecule has 0 radical (unpaired) electrons. The summed E-state index contributed by atoms with van der Waals surface area (Å²) in [5.74, 6) is 4.44. The van der Waals surface area contributed by atoms with Gasteiger partial charge in [-0.1, -0.05) is 19.8 Å². The molecular formula is C15H25NO3. The van der Waals surface area contributed by atoms with E-state index in [1.165, 1.54) is 0 Å². The van der Waals surface area contributed by atoms with Crippen molar-refractivity contribution in [1.29, 1.82) is 0 Å². The van der Waals surface area contributed by atoms with Gasteiger partial charge in [0.15, 0.2) is 0 Å². The number of piperidine rings is 1. The zero-order valence-electron chi connectivity index (χ0n) is 12.4. The molecule has 0 aromatic rings. The molecule has 0 aliphatic carbocycles. The van der Waals surface area contributed by atoms with Gasteiger partial charge in [0, 0.05) is 19.0 Å². The van der Waals surface area contributed by atoms with Crippen molar-refractivity contribution >= 4 is 5.97 Å². The Balaban J connectivity index is 2.69. The molecule has 0 spiro atoms. The molecule has 1 saturated heterocycles. The van der Waals surface area contributed by atoms with E-state index in [-0.39, 0.29) is 12.0 Å². The molecule has 0 bridgehead atoms. The Bertz CT molecular complexity index is 363. The Morgan fingerprint density at radius 2 is 2.11 bits per heavy atom. The molecule has 1 N–H and O–H groups in total. The molecule has 0 saturated carbocycles. The molecular weight excluding hydrogens is 242 g/mol. The van der Waals surface area contributed by atoms with Crippen LogP contribution in [0.2, 0.25) is 0 Å². The summed E-state index contributed by atoms with van der Waals surface area (Å²) in [7, 11) is 2.05. The summed E-state index contributed by atoms with van der Waals surface area (Å²) in [4.78, 5) is 14.4. The number of aliphatic hydroxyl groups is 1. The lowest BCUT2D eigenvalue weighted by molar-refractivity contribution is -0.171. The van der Waals surface area contributed by atoms with Crippen molar-refractivity contribution in [2.24, 2.45) is 5.92 Å². The minimum atomic E-state index is -1.67. The lowest BCUT2D eigenvalue weighted by Gasteiger charge is -2.32. The van der Waals surface area contributed by atoms with Gasteiger partial charge in [-0.3, -0.25) is 0 Å². The first kappa shape index (κ1) is 16.0. The molecule has 4 heteroatoms. The van der Waals surface area contributed by atoms with Gasteiger partial charge in [0.05, 0.1) is 0 Å². The number of hydrogen-bond acceptors (Lipinski definition) is 4. The second-order valence-electron chi connectivity index (χ2n) is 5.36. The van der Waals surface area contributed by atoms with E-state index in [2.05, 4.69) is 23.8 Å². The molecule has 4 nitrogen and oxygen atoms in total. The van der Waals surface area contributed by atoms with E-state index >= 15 is 0 Å². The van der Waals surface area contributed by atoms with Gasteiger partial charge in [0.2, 0.25) is 5.60 Å². The third-order valence-electron chi connectivity index (χ3n) is 3.89. The zero-order valence-corrected chi connectivity index (χ0v) is 12.4. The predicted molar refractivity (Wildman–Crippen MR) is 74.5 cm³/mol. The molecule has 0 amide bonds. The standard InChI is InChI=1S/C15H25NO3/c1-5-9-15(18,12(3)6-2)14(17)19-13-7-10-16(4)11-8-13/h12-13,18H,6-8,10-11H2,1-4H3/t12-,15+/m1/s1. The molecule has 1 aliphatic rings. The Kier molecular flexibility index (Phi) is 5.84. The van der Waals surface area contributed by atoms with E-state index in [0.29, 0.717) is 6.42 Å². The second kappa shape index (κ2) is 6.93. The lowest BCUT2D eigenvalue weighted by atomic mass is 9.87. The van der Waals surface area contributed by atoms with Crippen LogP contribution in [-0.4, -0.2) is 47.8 Å². The first-order chi connectivity index (χ1) is 8.93. The minimum Gasteiger partial charge on any atom is -0.459 e. The summed E-state index contributed by atoms with van der Waals surface area (Å²) in [5.41, 5.74) is -1.67. The van der Waals surface area contributed by atoms with Gasteiger partial charge in [0.1, 0.15) is 6.10 Å². The number of carbonyl (C=O) groups is 1. The number of likely N-dealkylation sites (tertiary alicyclic amines) is 1. The van der Waals surface area contributed by atoms with E-state index in [4.69, 9.17) is 4.74 Å². The average Bonchev–Trinajstić information content (AvgIpc) is 2.40. The molecule has 108 valence electrons. The number of esters is 1. The summed E-state index contributed by atoms with van der Waals surface area (Å²) >= 11 is 0. The van der Waals surface area contributed by atoms with Gasteiger partial charge in [-0.05, 0) is 33.2 Å². The van der Waals surface area contributed by atoms with Crippen LogP contribution < -0.4 is 0 Å². The SMILES string of the molecule is CC#C[C@@](O)(C(=O)OC1CCN(C)CC1)[C@H](C)CC. The Labute approximate surface area is 116 Å². The lowest BCUT2D eigenvalue weighted by Crippen LogP contribution is -2.47. The fraction of sp³-hybridized carbons (Fsp3) is 0.800. The average molecular weight is 267 g/mol. The number of carbonyl (C=O) groups excluding carboxylic acids is 1. The zero-order chi connectivity index (χ0) is 14.5. The number of rotatable bonds is 4. The van der Waals surface area contributed by atoms with Gasteiger partial charge in [0.25, 0.3) is 0 Å². The maximum absolute atomic E-state index is 12.2. The monoisotopic (exact) mass is 267 g/mol. The van der Waals surface area contributed by atoms with Crippen LogP contribution in [-0.2, 0) is 9.53 Å². The van der Waals surface area contributed by atoms with E-state index in [1.54, 1.807) is 6.92 Å². The van der Waals surface area contributed by atoms with Gasteiger partial charge in [-0.25, -0.2) is 4.79 Å². The first-order valence-corrected chi connectivity index (χ1v) is 7.00. The normalized spacial score (nSPS) is 21.9. The molecule has 19 heavy (non-hydrogen) atoms. The second-order valence-corrected chi connectivity index (χ2v) is 5.36. The quantitative estimate of drug-likeness (QED) is 0.618. The third kappa shape index (κ3) is 3.95. The maximum Gasteiger partial charge on any atom is 0.351 e. The van der Waals surface area contributed by atoms with E-state index in [0.717, 1.165) is 25.9 Å². The Morgan fingerprint density at radius 3 is 2.58 bits per heavy atom. The summed E-state index contributed by atoms with van der Waals surface area (Å²) in [6.45, 7) is 7.20. The molecule has 2 atom stereocenters. The van der Waals surface area contributed by atoms with Crippen LogP contribution >= 0.6 is 0 Å².